The van der Waals surface area contributed by atoms with E-state index in [0.717, 1.165) is 50.4 Å². The van der Waals surface area contributed by atoms with Crippen LogP contribution >= 0.6 is 24.0 Å². The van der Waals surface area contributed by atoms with Crippen LogP contribution < -0.4 is 10.6 Å². The van der Waals surface area contributed by atoms with Crippen molar-refractivity contribution in [3.8, 4) is 0 Å². The fraction of sp³-hybridized carbons (Fsp3) is 0.773. The molecule has 0 aromatic carbocycles. The summed E-state index contributed by atoms with van der Waals surface area (Å²) in [6.07, 6.45) is 10.8. The second-order valence-corrected chi connectivity index (χ2v) is 8.90. The predicted molar refractivity (Wildman–Crippen MR) is 136 cm³/mol. The van der Waals surface area contributed by atoms with Crippen LogP contribution in [0.2, 0.25) is 0 Å². The number of amides is 1. The van der Waals surface area contributed by atoms with Gasteiger partial charge in [0.25, 0.3) is 0 Å². The molecule has 9 heteroatoms. The van der Waals surface area contributed by atoms with E-state index in [2.05, 4.69) is 46.6 Å². The molecule has 1 aliphatic heterocycles. The summed E-state index contributed by atoms with van der Waals surface area (Å²) in [6.45, 7) is 5.16. The van der Waals surface area contributed by atoms with Gasteiger partial charge in [-0.05, 0) is 40.3 Å². The molecule has 0 bridgehead atoms. The van der Waals surface area contributed by atoms with Gasteiger partial charge in [-0.1, -0.05) is 19.3 Å². The minimum absolute atomic E-state index is 0. The summed E-state index contributed by atoms with van der Waals surface area (Å²) in [4.78, 5) is 21.9. The molecule has 1 aliphatic carbocycles. The van der Waals surface area contributed by atoms with Crippen LogP contribution in [0.4, 0.5) is 0 Å². The minimum atomic E-state index is 0. The zero-order valence-corrected chi connectivity index (χ0v) is 21.8. The Kier molecular flexibility index (Phi) is 10.5. The van der Waals surface area contributed by atoms with Gasteiger partial charge in [-0.25, -0.2) is 0 Å². The molecule has 1 aromatic rings. The number of hydrogen-bond donors (Lipinski definition) is 2. The molecule has 8 nitrogen and oxygen atoms in total. The maximum Gasteiger partial charge on any atom is 0.225 e. The lowest BCUT2D eigenvalue weighted by molar-refractivity contribution is -0.135. The van der Waals surface area contributed by atoms with Gasteiger partial charge in [0.2, 0.25) is 5.91 Å². The number of halogens is 1. The van der Waals surface area contributed by atoms with Gasteiger partial charge in [0.15, 0.2) is 5.96 Å². The third-order valence-electron chi connectivity index (χ3n) is 6.29. The molecule has 2 N–H and O–H groups in total. The Hall–Kier alpha value is -1.36. The summed E-state index contributed by atoms with van der Waals surface area (Å²) < 4.78 is 1.83. The van der Waals surface area contributed by atoms with Crippen molar-refractivity contribution in [2.75, 3.05) is 40.3 Å². The first-order valence-corrected chi connectivity index (χ1v) is 11.5. The highest BCUT2D eigenvalue weighted by molar-refractivity contribution is 14.0. The fourth-order valence-electron chi connectivity index (χ4n) is 4.56. The monoisotopic (exact) mass is 545 g/mol. The number of aromatic nitrogens is 2. The molecule has 1 amide bonds. The summed E-state index contributed by atoms with van der Waals surface area (Å²) in [5.74, 6) is 1.44. The van der Waals surface area contributed by atoms with Crippen LogP contribution in [-0.4, -0.2) is 77.8 Å². The van der Waals surface area contributed by atoms with Crippen molar-refractivity contribution >= 4 is 35.8 Å². The van der Waals surface area contributed by atoms with Gasteiger partial charge in [-0.3, -0.25) is 14.5 Å². The van der Waals surface area contributed by atoms with E-state index in [1.807, 2.05) is 24.1 Å². The largest absolute Gasteiger partial charge is 0.357 e. The van der Waals surface area contributed by atoms with Crippen LogP contribution in [0.1, 0.15) is 57.1 Å². The molecular weight excluding hydrogens is 505 g/mol. The summed E-state index contributed by atoms with van der Waals surface area (Å²) in [5.41, 5.74) is 1.16. The highest BCUT2D eigenvalue weighted by Gasteiger charge is 2.31. The van der Waals surface area contributed by atoms with Crippen molar-refractivity contribution in [1.29, 1.82) is 0 Å². The molecular formula is C22H40IN7O. The highest BCUT2D eigenvalue weighted by Crippen LogP contribution is 2.26. The molecule has 2 fully saturated rings. The van der Waals surface area contributed by atoms with Gasteiger partial charge in [0, 0.05) is 50.4 Å². The number of carbonyl (C=O) groups is 1. The normalized spacial score (nSPS) is 21.1. The zero-order chi connectivity index (χ0) is 21.5. The Morgan fingerprint density at radius 1 is 1.29 bits per heavy atom. The third kappa shape index (κ3) is 7.34. The second-order valence-electron chi connectivity index (χ2n) is 8.90. The van der Waals surface area contributed by atoms with Crippen LogP contribution in [0, 0.1) is 5.92 Å². The van der Waals surface area contributed by atoms with E-state index >= 15 is 0 Å². The molecule has 2 heterocycles. The van der Waals surface area contributed by atoms with Crippen molar-refractivity contribution in [1.82, 2.24) is 30.2 Å². The van der Waals surface area contributed by atoms with E-state index in [9.17, 15) is 4.79 Å². The maximum absolute atomic E-state index is 12.8. The van der Waals surface area contributed by atoms with E-state index in [4.69, 9.17) is 4.99 Å². The minimum Gasteiger partial charge on any atom is -0.357 e. The van der Waals surface area contributed by atoms with Crippen molar-refractivity contribution < 1.29 is 4.79 Å². The van der Waals surface area contributed by atoms with E-state index in [0.29, 0.717) is 12.5 Å². The molecule has 0 radical (unpaired) electrons. The first-order chi connectivity index (χ1) is 14.5. The molecule has 1 saturated carbocycles. The molecule has 2 aliphatic rings. The van der Waals surface area contributed by atoms with E-state index < -0.39 is 0 Å². The number of aliphatic imine (C=N–C) groups is 1. The van der Waals surface area contributed by atoms with Crippen molar-refractivity contribution in [2.24, 2.45) is 18.0 Å². The number of hydrogen-bond acceptors (Lipinski definition) is 4. The molecule has 31 heavy (non-hydrogen) atoms. The van der Waals surface area contributed by atoms with Crippen LogP contribution in [0.25, 0.3) is 0 Å². The Labute approximate surface area is 204 Å². The average Bonchev–Trinajstić information content (AvgIpc) is 3.37. The Balaban J connectivity index is 0.00000341. The third-order valence-corrected chi connectivity index (χ3v) is 6.29. The van der Waals surface area contributed by atoms with Crippen molar-refractivity contribution in [2.45, 2.75) is 57.5 Å². The Bertz CT molecular complexity index is 714. The van der Waals surface area contributed by atoms with E-state index in [1.165, 1.54) is 19.3 Å². The zero-order valence-electron chi connectivity index (χ0n) is 19.5. The molecule has 0 spiro atoms. The quantitative estimate of drug-likeness (QED) is 0.313. The Morgan fingerprint density at radius 3 is 2.65 bits per heavy atom. The maximum atomic E-state index is 12.8. The number of guanidine groups is 1. The summed E-state index contributed by atoms with van der Waals surface area (Å²) >= 11 is 0. The van der Waals surface area contributed by atoms with Crippen LogP contribution in [-0.2, 0) is 11.8 Å². The Morgan fingerprint density at radius 2 is 2.03 bits per heavy atom. The van der Waals surface area contributed by atoms with Crippen molar-refractivity contribution in [3.05, 3.63) is 18.0 Å². The molecule has 2 unspecified atom stereocenters. The number of likely N-dealkylation sites (N-methyl/N-ethyl adjacent to an activating group) is 1. The average molecular weight is 546 g/mol. The molecule has 176 valence electrons. The van der Waals surface area contributed by atoms with E-state index in [-0.39, 0.29) is 42.0 Å². The van der Waals surface area contributed by atoms with Gasteiger partial charge >= 0.3 is 0 Å². The highest BCUT2D eigenvalue weighted by atomic mass is 127. The molecule has 1 aromatic heterocycles. The summed E-state index contributed by atoms with van der Waals surface area (Å²) in [5, 5.41) is 11.2. The topological polar surface area (TPSA) is 77.8 Å². The number of aryl methyl sites for hydroxylation is 1. The van der Waals surface area contributed by atoms with Gasteiger partial charge < -0.3 is 20.4 Å². The standard InChI is InChI=1S/C22H39N7O.HI/c1-5-23-22(24-14-20(27(2)3)18-13-25-28(4)15-18)26-19-11-12-29(16-19)21(30)17-9-7-6-8-10-17;/h13,15,17,19-20H,5-12,14,16H2,1-4H3,(H2,23,24,26);1H. The van der Waals surface area contributed by atoms with Gasteiger partial charge in [-0.2, -0.15) is 5.10 Å². The second kappa shape index (κ2) is 12.6. The van der Waals surface area contributed by atoms with Crippen LogP contribution in [0.15, 0.2) is 17.4 Å². The van der Waals surface area contributed by atoms with E-state index in [1.54, 1.807) is 0 Å². The summed E-state index contributed by atoms with van der Waals surface area (Å²) in [6, 6.07) is 0.425. The van der Waals surface area contributed by atoms with Gasteiger partial charge in [0.05, 0.1) is 18.8 Å². The van der Waals surface area contributed by atoms with Crippen LogP contribution in [0.3, 0.4) is 0 Å². The smallest absolute Gasteiger partial charge is 0.225 e. The number of carbonyl (C=O) groups excluding carboxylic acids is 1. The van der Waals surface area contributed by atoms with Crippen LogP contribution in [0.5, 0.6) is 0 Å². The molecule has 3 rings (SSSR count). The number of rotatable bonds is 7. The molecule has 1 saturated heterocycles. The van der Waals surface area contributed by atoms with Gasteiger partial charge in [-0.15, -0.1) is 24.0 Å². The lowest BCUT2D eigenvalue weighted by atomic mass is 9.88. The number of likely N-dealkylation sites (tertiary alicyclic amines) is 1. The number of nitrogens with one attached hydrogen (secondary N) is 2. The first-order valence-electron chi connectivity index (χ1n) is 11.5. The summed E-state index contributed by atoms with van der Waals surface area (Å²) in [7, 11) is 6.07. The predicted octanol–water partition coefficient (Wildman–Crippen LogP) is 2.38. The molecule has 2 atom stereocenters. The lowest BCUT2D eigenvalue weighted by Gasteiger charge is -2.26. The first kappa shape index (κ1) is 25.9. The van der Waals surface area contributed by atoms with Gasteiger partial charge in [0.1, 0.15) is 0 Å². The van der Waals surface area contributed by atoms with Crippen molar-refractivity contribution in [3.63, 3.8) is 0 Å². The SMILES string of the molecule is CCNC(=NCC(c1cnn(C)c1)N(C)C)NC1CCN(C(=O)C2CCCCC2)C1.I. The fourth-order valence-corrected chi connectivity index (χ4v) is 4.56. The number of nitrogens with zero attached hydrogens (tertiary/aromatic N) is 5. The lowest BCUT2D eigenvalue weighted by Crippen LogP contribution is -2.46.